The third-order valence-electron chi connectivity index (χ3n) is 5.06. The largest absolute Gasteiger partial charge is 0.278 e. The maximum Gasteiger partial charge on any atom is 0.242 e. The number of fused-ring (bicyclic) bond motifs is 2. The second-order valence-electron chi connectivity index (χ2n) is 7.26. The van der Waals surface area contributed by atoms with E-state index >= 15 is 0 Å². The molecule has 0 spiro atoms. The molecule has 7 heteroatoms. The van der Waals surface area contributed by atoms with Crippen LogP contribution in [-0.2, 0) is 4.79 Å². The van der Waals surface area contributed by atoms with E-state index in [-0.39, 0.29) is 11.7 Å². The molecule has 1 aromatic heterocycles. The number of carbonyl (C=O) groups excluding carboxylic acids is 1. The van der Waals surface area contributed by atoms with Crippen LogP contribution in [0.1, 0.15) is 11.4 Å². The van der Waals surface area contributed by atoms with E-state index in [1.165, 1.54) is 11.8 Å². The number of rotatable bonds is 4. The van der Waals surface area contributed by atoms with Crippen LogP contribution in [0.25, 0.3) is 5.69 Å². The standard InChI is InChI=1S/C24H20N4OS2/c1-16-8-7-9-18(14-16)27-17(2)25-26-24(27)30-15-23(29)28-19-10-3-5-12-21(19)31-22-13-6-4-11-20(22)28/h3-14H,15H2,1-2H3. The lowest BCUT2D eigenvalue weighted by atomic mass is 10.2. The van der Waals surface area contributed by atoms with Crippen LogP contribution in [0.4, 0.5) is 11.4 Å². The van der Waals surface area contributed by atoms with Crippen molar-refractivity contribution in [1.82, 2.24) is 14.8 Å². The van der Waals surface area contributed by atoms with Crippen molar-refractivity contribution in [2.75, 3.05) is 10.7 Å². The molecule has 0 bridgehead atoms. The first kappa shape index (κ1) is 19.9. The fraction of sp³-hybridized carbons (Fsp3) is 0.125. The highest BCUT2D eigenvalue weighted by Gasteiger charge is 2.28. The van der Waals surface area contributed by atoms with Crippen LogP contribution in [0, 0.1) is 13.8 Å². The number of carbonyl (C=O) groups is 1. The zero-order chi connectivity index (χ0) is 21.4. The number of hydrogen-bond donors (Lipinski definition) is 0. The molecule has 0 fully saturated rings. The molecule has 0 aliphatic carbocycles. The van der Waals surface area contributed by atoms with Gasteiger partial charge in [0, 0.05) is 15.5 Å². The van der Waals surface area contributed by atoms with Crippen LogP contribution in [0.2, 0.25) is 0 Å². The van der Waals surface area contributed by atoms with E-state index in [0.29, 0.717) is 5.16 Å². The molecule has 1 aliphatic heterocycles. The molecule has 0 saturated heterocycles. The Hall–Kier alpha value is -3.03. The Labute approximate surface area is 189 Å². The molecule has 2 heterocycles. The van der Waals surface area contributed by atoms with Crippen molar-refractivity contribution in [2.45, 2.75) is 28.8 Å². The lowest BCUT2D eigenvalue weighted by molar-refractivity contribution is -0.115. The van der Waals surface area contributed by atoms with E-state index < -0.39 is 0 Å². The summed E-state index contributed by atoms with van der Waals surface area (Å²) in [4.78, 5) is 17.4. The molecule has 154 valence electrons. The lowest BCUT2D eigenvalue weighted by Gasteiger charge is -2.30. The third-order valence-corrected chi connectivity index (χ3v) is 7.11. The highest BCUT2D eigenvalue weighted by molar-refractivity contribution is 8.00. The van der Waals surface area contributed by atoms with Crippen LogP contribution >= 0.6 is 23.5 Å². The summed E-state index contributed by atoms with van der Waals surface area (Å²) in [6.45, 7) is 3.98. The molecule has 3 aromatic carbocycles. The average Bonchev–Trinajstić information content (AvgIpc) is 3.16. The maximum absolute atomic E-state index is 13.4. The normalized spacial score (nSPS) is 12.4. The van der Waals surface area contributed by atoms with Crippen LogP contribution in [0.3, 0.4) is 0 Å². The van der Waals surface area contributed by atoms with Gasteiger partial charge in [0.1, 0.15) is 5.82 Å². The predicted octanol–water partition coefficient (Wildman–Crippen LogP) is 5.81. The number of hydrogen-bond acceptors (Lipinski definition) is 5. The van der Waals surface area contributed by atoms with Crippen molar-refractivity contribution in [1.29, 1.82) is 0 Å². The molecule has 1 amide bonds. The minimum Gasteiger partial charge on any atom is -0.278 e. The Kier molecular flexibility index (Phi) is 5.29. The van der Waals surface area contributed by atoms with Gasteiger partial charge in [0.2, 0.25) is 5.91 Å². The van der Waals surface area contributed by atoms with E-state index in [1.54, 1.807) is 11.8 Å². The first-order valence-corrected chi connectivity index (χ1v) is 11.7. The molecule has 0 radical (unpaired) electrons. The molecular formula is C24H20N4OS2. The minimum atomic E-state index is 0.0154. The highest BCUT2D eigenvalue weighted by Crippen LogP contribution is 2.48. The van der Waals surface area contributed by atoms with Gasteiger partial charge in [-0.1, -0.05) is 59.9 Å². The number of aryl methyl sites for hydroxylation is 2. The van der Waals surface area contributed by atoms with Gasteiger partial charge in [-0.25, -0.2) is 0 Å². The Balaban J connectivity index is 1.44. The summed E-state index contributed by atoms with van der Waals surface area (Å²) in [6.07, 6.45) is 0. The number of para-hydroxylation sites is 2. The van der Waals surface area contributed by atoms with Crippen LogP contribution in [-0.4, -0.2) is 26.4 Å². The molecule has 4 aromatic rings. The quantitative estimate of drug-likeness (QED) is 0.372. The van der Waals surface area contributed by atoms with E-state index in [4.69, 9.17) is 0 Å². The van der Waals surface area contributed by atoms with Gasteiger partial charge in [-0.15, -0.1) is 10.2 Å². The summed E-state index contributed by atoms with van der Waals surface area (Å²) in [5, 5.41) is 9.29. The summed E-state index contributed by atoms with van der Waals surface area (Å²) in [7, 11) is 0. The average molecular weight is 445 g/mol. The predicted molar refractivity (Wildman–Crippen MR) is 126 cm³/mol. The third kappa shape index (κ3) is 3.75. The van der Waals surface area contributed by atoms with Gasteiger partial charge in [-0.3, -0.25) is 14.3 Å². The van der Waals surface area contributed by atoms with Gasteiger partial charge < -0.3 is 0 Å². The molecule has 0 N–H and O–H groups in total. The first-order chi connectivity index (χ1) is 15.1. The second kappa shape index (κ2) is 8.24. The Morgan fingerprint density at radius 2 is 1.58 bits per heavy atom. The summed E-state index contributed by atoms with van der Waals surface area (Å²) >= 11 is 3.11. The van der Waals surface area contributed by atoms with Crippen LogP contribution in [0.15, 0.2) is 87.7 Å². The van der Waals surface area contributed by atoms with Crippen LogP contribution < -0.4 is 4.90 Å². The van der Waals surface area contributed by atoms with Crippen molar-refractivity contribution >= 4 is 40.8 Å². The first-order valence-electron chi connectivity index (χ1n) is 9.92. The van der Waals surface area contributed by atoms with Crippen molar-refractivity contribution in [3.63, 3.8) is 0 Å². The summed E-state index contributed by atoms with van der Waals surface area (Å²) in [6, 6.07) is 24.3. The summed E-state index contributed by atoms with van der Waals surface area (Å²) in [5.41, 5.74) is 4.01. The molecular weight excluding hydrogens is 424 g/mol. The van der Waals surface area contributed by atoms with E-state index in [0.717, 1.165) is 38.2 Å². The van der Waals surface area contributed by atoms with Crippen LogP contribution in [0.5, 0.6) is 0 Å². The number of thioether (sulfide) groups is 1. The van der Waals surface area contributed by atoms with Crippen molar-refractivity contribution in [3.8, 4) is 5.69 Å². The SMILES string of the molecule is Cc1cccc(-n2c(C)nnc2SCC(=O)N2c3ccccc3Sc3ccccc32)c1. The van der Waals surface area contributed by atoms with Gasteiger partial charge >= 0.3 is 0 Å². The highest BCUT2D eigenvalue weighted by atomic mass is 32.2. The fourth-order valence-electron chi connectivity index (χ4n) is 3.66. The number of anilines is 2. The Bertz CT molecular complexity index is 1240. The van der Waals surface area contributed by atoms with Gasteiger partial charge in [-0.2, -0.15) is 0 Å². The van der Waals surface area contributed by atoms with E-state index in [1.807, 2.05) is 64.9 Å². The number of aromatic nitrogens is 3. The number of nitrogens with zero attached hydrogens (tertiary/aromatic N) is 4. The van der Waals surface area contributed by atoms with Gasteiger partial charge in [-0.05, 0) is 55.8 Å². The summed E-state index contributed by atoms with van der Waals surface area (Å²) in [5.74, 6) is 1.07. The Morgan fingerprint density at radius 1 is 0.903 bits per heavy atom. The minimum absolute atomic E-state index is 0.0154. The molecule has 0 atom stereocenters. The molecule has 1 aliphatic rings. The van der Waals surface area contributed by atoms with Crippen molar-refractivity contribution in [3.05, 3.63) is 84.2 Å². The zero-order valence-corrected chi connectivity index (χ0v) is 18.8. The molecule has 0 unspecified atom stereocenters. The van der Waals surface area contributed by atoms with Crippen molar-refractivity contribution < 1.29 is 4.79 Å². The van der Waals surface area contributed by atoms with E-state index in [9.17, 15) is 4.79 Å². The monoisotopic (exact) mass is 444 g/mol. The van der Waals surface area contributed by atoms with E-state index in [2.05, 4.69) is 41.4 Å². The Morgan fingerprint density at radius 3 is 2.26 bits per heavy atom. The molecule has 0 saturated carbocycles. The lowest BCUT2D eigenvalue weighted by Crippen LogP contribution is -2.30. The molecule has 5 nitrogen and oxygen atoms in total. The summed E-state index contributed by atoms with van der Waals surface area (Å²) < 4.78 is 2.00. The topological polar surface area (TPSA) is 51.0 Å². The van der Waals surface area contributed by atoms with Crippen molar-refractivity contribution in [2.24, 2.45) is 0 Å². The number of benzene rings is 3. The van der Waals surface area contributed by atoms with Gasteiger partial charge in [0.05, 0.1) is 17.1 Å². The fourth-order valence-corrected chi connectivity index (χ4v) is 5.57. The van der Waals surface area contributed by atoms with Gasteiger partial charge in [0.25, 0.3) is 0 Å². The maximum atomic E-state index is 13.4. The number of amides is 1. The smallest absolute Gasteiger partial charge is 0.242 e. The second-order valence-corrected chi connectivity index (χ2v) is 9.29. The van der Waals surface area contributed by atoms with Gasteiger partial charge in [0.15, 0.2) is 5.16 Å². The zero-order valence-electron chi connectivity index (χ0n) is 17.1. The molecule has 31 heavy (non-hydrogen) atoms. The molecule has 5 rings (SSSR count).